The highest BCUT2D eigenvalue weighted by molar-refractivity contribution is 5.52. The highest BCUT2D eigenvalue weighted by atomic mass is 15.2. The molecule has 1 heterocycles. The lowest BCUT2D eigenvalue weighted by Crippen LogP contribution is -2.37. The topological polar surface area (TPSA) is 28.2 Å². The van der Waals surface area contributed by atoms with E-state index in [0.717, 1.165) is 19.6 Å². The molecule has 1 aromatic rings. The third kappa shape index (κ3) is 4.70. The van der Waals surface area contributed by atoms with Crippen LogP contribution >= 0.6 is 0 Å². The maximum Gasteiger partial charge on any atom is 0.0600 e. The van der Waals surface area contributed by atoms with Crippen LogP contribution in [-0.4, -0.2) is 24.1 Å². The Balaban J connectivity index is 2.17. The van der Waals surface area contributed by atoms with Crippen LogP contribution in [0, 0.1) is 5.92 Å². The molecule has 3 heteroatoms. The summed E-state index contributed by atoms with van der Waals surface area (Å²) in [6.07, 6.45) is 10.6. The van der Waals surface area contributed by atoms with Gasteiger partial charge in [-0.15, -0.1) is 0 Å². The van der Waals surface area contributed by atoms with Gasteiger partial charge in [-0.1, -0.05) is 33.6 Å². The zero-order valence-corrected chi connectivity index (χ0v) is 13.9. The predicted molar refractivity (Wildman–Crippen MR) is 90.7 cm³/mol. The average Bonchev–Trinajstić information content (AvgIpc) is 2.99. The molecule has 0 aromatic carbocycles. The molecule has 1 aromatic heterocycles. The van der Waals surface area contributed by atoms with Gasteiger partial charge in [-0.05, 0) is 43.4 Å². The van der Waals surface area contributed by atoms with Crippen LogP contribution < -0.4 is 10.2 Å². The summed E-state index contributed by atoms with van der Waals surface area (Å²) < 4.78 is 0. The third-order valence-corrected chi connectivity index (χ3v) is 4.27. The van der Waals surface area contributed by atoms with E-state index >= 15 is 0 Å². The van der Waals surface area contributed by atoms with E-state index in [1.807, 2.05) is 6.20 Å². The van der Waals surface area contributed by atoms with Crippen molar-refractivity contribution in [2.45, 2.75) is 65.5 Å². The van der Waals surface area contributed by atoms with Crippen molar-refractivity contribution in [2.24, 2.45) is 5.92 Å². The standard InChI is InChI=1S/C18H31N3/c1-4-10-19-12-16-9-11-20-13-18(16)21(14-15(2)3)17-7-5-6-8-17/h9,11,13,15,17,19H,4-8,10,12,14H2,1-3H3. The van der Waals surface area contributed by atoms with E-state index in [1.165, 1.54) is 43.4 Å². The molecule has 1 N–H and O–H groups in total. The molecule has 0 bridgehead atoms. The molecule has 118 valence electrons. The molecule has 1 aliphatic rings. The molecule has 0 atom stereocenters. The summed E-state index contributed by atoms with van der Waals surface area (Å²) in [7, 11) is 0. The van der Waals surface area contributed by atoms with Gasteiger partial charge in [0.25, 0.3) is 0 Å². The molecule has 3 nitrogen and oxygen atoms in total. The van der Waals surface area contributed by atoms with Crippen molar-refractivity contribution >= 4 is 5.69 Å². The summed E-state index contributed by atoms with van der Waals surface area (Å²) in [5.74, 6) is 0.683. The summed E-state index contributed by atoms with van der Waals surface area (Å²) in [6.45, 7) is 10.0. The minimum atomic E-state index is 0.683. The van der Waals surface area contributed by atoms with Gasteiger partial charge in [-0.25, -0.2) is 0 Å². The lowest BCUT2D eigenvalue weighted by atomic mass is 10.1. The van der Waals surface area contributed by atoms with Gasteiger partial charge < -0.3 is 10.2 Å². The Morgan fingerprint density at radius 1 is 1.33 bits per heavy atom. The SMILES string of the molecule is CCCNCc1ccncc1N(CC(C)C)C1CCCC1. The summed E-state index contributed by atoms with van der Waals surface area (Å²) in [5, 5.41) is 3.54. The van der Waals surface area contributed by atoms with E-state index in [0.29, 0.717) is 12.0 Å². The van der Waals surface area contributed by atoms with E-state index < -0.39 is 0 Å². The first-order valence-corrected chi connectivity index (χ1v) is 8.62. The fraction of sp³-hybridized carbons (Fsp3) is 0.722. The molecule has 0 spiro atoms. The zero-order valence-electron chi connectivity index (χ0n) is 13.9. The van der Waals surface area contributed by atoms with Gasteiger partial charge in [0, 0.05) is 25.3 Å². The largest absolute Gasteiger partial charge is 0.367 e. The minimum Gasteiger partial charge on any atom is -0.367 e. The fourth-order valence-corrected chi connectivity index (χ4v) is 3.28. The van der Waals surface area contributed by atoms with Crippen LogP contribution in [0.5, 0.6) is 0 Å². The minimum absolute atomic E-state index is 0.683. The molecule has 1 aliphatic carbocycles. The van der Waals surface area contributed by atoms with Crippen LogP contribution in [-0.2, 0) is 6.54 Å². The number of pyridine rings is 1. The quantitative estimate of drug-likeness (QED) is 0.734. The first kappa shape index (κ1) is 16.3. The summed E-state index contributed by atoms with van der Waals surface area (Å²) in [6, 6.07) is 2.89. The smallest absolute Gasteiger partial charge is 0.0600 e. The molecule has 1 fully saturated rings. The number of nitrogens with zero attached hydrogens (tertiary/aromatic N) is 2. The number of aromatic nitrogens is 1. The van der Waals surface area contributed by atoms with Gasteiger partial charge in [-0.3, -0.25) is 4.98 Å². The fourth-order valence-electron chi connectivity index (χ4n) is 3.28. The Labute approximate surface area is 130 Å². The van der Waals surface area contributed by atoms with E-state index in [1.54, 1.807) is 0 Å². The first-order valence-electron chi connectivity index (χ1n) is 8.62. The Bertz CT molecular complexity index is 411. The van der Waals surface area contributed by atoms with Gasteiger partial charge in [0.2, 0.25) is 0 Å². The van der Waals surface area contributed by atoms with Crippen LogP contribution in [0.3, 0.4) is 0 Å². The van der Waals surface area contributed by atoms with Crippen LogP contribution in [0.25, 0.3) is 0 Å². The van der Waals surface area contributed by atoms with Gasteiger partial charge in [-0.2, -0.15) is 0 Å². The molecule has 0 saturated heterocycles. The number of rotatable bonds is 8. The number of hydrogen-bond acceptors (Lipinski definition) is 3. The highest BCUT2D eigenvalue weighted by Gasteiger charge is 2.25. The van der Waals surface area contributed by atoms with Gasteiger partial charge >= 0.3 is 0 Å². The maximum atomic E-state index is 4.40. The Hall–Kier alpha value is -1.09. The number of anilines is 1. The lowest BCUT2D eigenvalue weighted by Gasteiger charge is -2.34. The van der Waals surface area contributed by atoms with Gasteiger partial charge in [0.1, 0.15) is 0 Å². The monoisotopic (exact) mass is 289 g/mol. The second-order valence-electron chi connectivity index (χ2n) is 6.67. The van der Waals surface area contributed by atoms with Crippen molar-refractivity contribution in [3.63, 3.8) is 0 Å². The van der Waals surface area contributed by atoms with Crippen LogP contribution in [0.2, 0.25) is 0 Å². The van der Waals surface area contributed by atoms with Crippen molar-refractivity contribution < 1.29 is 0 Å². The van der Waals surface area contributed by atoms with Crippen molar-refractivity contribution in [3.05, 3.63) is 24.0 Å². The van der Waals surface area contributed by atoms with E-state index in [-0.39, 0.29) is 0 Å². The van der Waals surface area contributed by atoms with Crippen molar-refractivity contribution in [3.8, 4) is 0 Å². The molecule has 1 saturated carbocycles. The molecular weight excluding hydrogens is 258 g/mol. The molecule has 0 amide bonds. The summed E-state index contributed by atoms with van der Waals surface area (Å²) in [4.78, 5) is 7.04. The molecular formula is C18H31N3. The van der Waals surface area contributed by atoms with Crippen molar-refractivity contribution in [1.29, 1.82) is 0 Å². The van der Waals surface area contributed by atoms with E-state index in [4.69, 9.17) is 0 Å². The molecule has 0 aliphatic heterocycles. The van der Waals surface area contributed by atoms with E-state index in [9.17, 15) is 0 Å². The van der Waals surface area contributed by atoms with E-state index in [2.05, 4.69) is 48.2 Å². The van der Waals surface area contributed by atoms with Gasteiger partial charge in [0.15, 0.2) is 0 Å². The summed E-state index contributed by atoms with van der Waals surface area (Å²) in [5.41, 5.74) is 2.74. The van der Waals surface area contributed by atoms with Crippen LogP contribution in [0.4, 0.5) is 5.69 Å². The Morgan fingerprint density at radius 2 is 2.10 bits per heavy atom. The van der Waals surface area contributed by atoms with Crippen molar-refractivity contribution in [2.75, 3.05) is 18.0 Å². The average molecular weight is 289 g/mol. The molecule has 0 unspecified atom stereocenters. The highest BCUT2D eigenvalue weighted by Crippen LogP contribution is 2.30. The first-order chi connectivity index (χ1) is 10.2. The maximum absolute atomic E-state index is 4.40. The normalized spacial score (nSPS) is 15.8. The molecule has 21 heavy (non-hydrogen) atoms. The molecule has 2 rings (SSSR count). The number of nitrogens with one attached hydrogen (secondary N) is 1. The Kier molecular flexibility index (Phi) is 6.50. The van der Waals surface area contributed by atoms with Gasteiger partial charge in [0.05, 0.1) is 11.9 Å². The lowest BCUT2D eigenvalue weighted by molar-refractivity contribution is 0.532. The number of hydrogen-bond donors (Lipinski definition) is 1. The van der Waals surface area contributed by atoms with Crippen LogP contribution in [0.15, 0.2) is 18.5 Å². The van der Waals surface area contributed by atoms with Crippen LogP contribution in [0.1, 0.15) is 58.4 Å². The second kappa shape index (κ2) is 8.38. The predicted octanol–water partition coefficient (Wildman–Crippen LogP) is 3.99. The third-order valence-electron chi connectivity index (χ3n) is 4.27. The summed E-state index contributed by atoms with van der Waals surface area (Å²) >= 11 is 0. The molecule has 0 radical (unpaired) electrons. The second-order valence-corrected chi connectivity index (χ2v) is 6.67. The Morgan fingerprint density at radius 3 is 2.76 bits per heavy atom. The van der Waals surface area contributed by atoms with Crippen molar-refractivity contribution in [1.82, 2.24) is 10.3 Å². The zero-order chi connectivity index (χ0) is 15.1.